The minimum atomic E-state index is -0.602. The summed E-state index contributed by atoms with van der Waals surface area (Å²) in [6.07, 6.45) is 1.22. The van der Waals surface area contributed by atoms with E-state index in [-0.39, 0.29) is 30.0 Å². The minimum Gasteiger partial charge on any atom is -0.394 e. The maximum atomic E-state index is 11.6. The lowest BCUT2D eigenvalue weighted by molar-refractivity contribution is -0.383. The molecule has 3 N–H and O–H groups in total. The molecule has 2 rings (SSSR count). The van der Waals surface area contributed by atoms with Crippen molar-refractivity contribution in [1.82, 2.24) is 9.97 Å². The van der Waals surface area contributed by atoms with Crippen LogP contribution in [0.3, 0.4) is 0 Å². The number of fused-ring (bicyclic) bond motifs is 1. The first-order valence-electron chi connectivity index (χ1n) is 6.09. The number of rotatable bonds is 6. The van der Waals surface area contributed by atoms with E-state index in [9.17, 15) is 20.0 Å². The molecule has 0 bridgehead atoms. The highest BCUT2D eigenvalue weighted by atomic mass is 16.6. The molecule has 0 saturated carbocycles. The predicted octanol–water partition coefficient (Wildman–Crippen LogP) is 0.250. The third-order valence-electron chi connectivity index (χ3n) is 2.90. The van der Waals surface area contributed by atoms with Gasteiger partial charge >= 0.3 is 0 Å². The summed E-state index contributed by atoms with van der Waals surface area (Å²) in [5.74, 6) is 0. The second kappa shape index (κ2) is 6.29. The van der Waals surface area contributed by atoms with Gasteiger partial charge in [-0.2, -0.15) is 0 Å². The van der Waals surface area contributed by atoms with Crippen LogP contribution in [0.15, 0.2) is 23.3 Å². The van der Waals surface area contributed by atoms with Gasteiger partial charge in [0.05, 0.1) is 41.4 Å². The van der Waals surface area contributed by atoms with Gasteiger partial charge in [0.25, 0.3) is 11.2 Å². The van der Waals surface area contributed by atoms with Gasteiger partial charge in [-0.3, -0.25) is 14.9 Å². The Kier molecular flexibility index (Phi) is 4.45. The van der Waals surface area contributed by atoms with Crippen LogP contribution in [0.25, 0.3) is 10.9 Å². The molecule has 1 atom stereocenters. The molecular formula is C12H14N4O5. The Balaban J connectivity index is 2.53. The summed E-state index contributed by atoms with van der Waals surface area (Å²) in [6.45, 7) is -0.0830. The van der Waals surface area contributed by atoms with Gasteiger partial charge < -0.3 is 20.1 Å². The van der Waals surface area contributed by atoms with Crippen LogP contribution >= 0.6 is 0 Å². The van der Waals surface area contributed by atoms with E-state index in [1.165, 1.54) is 19.5 Å². The van der Waals surface area contributed by atoms with E-state index in [1.807, 2.05) is 0 Å². The van der Waals surface area contributed by atoms with Crippen LogP contribution in [0.4, 0.5) is 11.4 Å². The number of anilines is 1. The largest absolute Gasteiger partial charge is 0.394 e. The van der Waals surface area contributed by atoms with Crippen LogP contribution in [0.5, 0.6) is 0 Å². The highest BCUT2D eigenvalue weighted by Crippen LogP contribution is 2.28. The number of nitro groups is 1. The van der Waals surface area contributed by atoms with Crippen molar-refractivity contribution >= 4 is 22.3 Å². The number of benzene rings is 1. The Morgan fingerprint density at radius 2 is 2.33 bits per heavy atom. The molecule has 0 saturated heterocycles. The normalized spacial score (nSPS) is 12.3. The van der Waals surface area contributed by atoms with Crippen molar-refractivity contribution in [2.75, 3.05) is 25.6 Å². The Morgan fingerprint density at radius 1 is 1.57 bits per heavy atom. The zero-order valence-corrected chi connectivity index (χ0v) is 11.2. The number of hydrogen-bond donors (Lipinski definition) is 3. The molecule has 0 spiro atoms. The molecule has 0 amide bonds. The summed E-state index contributed by atoms with van der Waals surface area (Å²) in [4.78, 5) is 28.5. The third kappa shape index (κ3) is 3.15. The van der Waals surface area contributed by atoms with E-state index in [2.05, 4.69) is 15.3 Å². The average Bonchev–Trinajstić information content (AvgIpc) is 2.46. The van der Waals surface area contributed by atoms with Gasteiger partial charge in [0.2, 0.25) is 0 Å². The number of aromatic amines is 1. The molecule has 21 heavy (non-hydrogen) atoms. The van der Waals surface area contributed by atoms with Crippen molar-refractivity contribution < 1.29 is 14.8 Å². The lowest BCUT2D eigenvalue weighted by atomic mass is 10.1. The van der Waals surface area contributed by atoms with E-state index in [1.54, 1.807) is 0 Å². The maximum absolute atomic E-state index is 11.6. The molecule has 0 fully saturated rings. The molecule has 0 aliphatic rings. The van der Waals surface area contributed by atoms with Crippen LogP contribution in [-0.2, 0) is 4.74 Å². The number of ether oxygens (including phenoxy) is 1. The molecule has 0 aliphatic heterocycles. The number of nitrogens with zero attached hydrogens (tertiary/aromatic N) is 2. The van der Waals surface area contributed by atoms with Crippen LogP contribution in [0.1, 0.15) is 0 Å². The van der Waals surface area contributed by atoms with Crippen molar-refractivity contribution in [3.05, 3.63) is 38.9 Å². The lowest BCUT2D eigenvalue weighted by Gasteiger charge is -2.16. The number of hydrogen-bond acceptors (Lipinski definition) is 7. The first-order valence-corrected chi connectivity index (χ1v) is 6.09. The number of H-pyrrole nitrogens is 1. The lowest BCUT2D eigenvalue weighted by Crippen LogP contribution is -2.29. The van der Waals surface area contributed by atoms with Crippen molar-refractivity contribution in [1.29, 1.82) is 0 Å². The summed E-state index contributed by atoms with van der Waals surface area (Å²) < 4.78 is 4.91. The Labute approximate surface area is 118 Å². The van der Waals surface area contributed by atoms with Crippen LogP contribution in [0.2, 0.25) is 0 Å². The molecule has 1 aromatic carbocycles. The first-order chi connectivity index (χ1) is 10.1. The quantitative estimate of drug-likeness (QED) is 0.514. The fourth-order valence-electron chi connectivity index (χ4n) is 1.93. The molecular weight excluding hydrogens is 280 g/mol. The van der Waals surface area contributed by atoms with Crippen LogP contribution in [-0.4, -0.2) is 46.4 Å². The van der Waals surface area contributed by atoms with Gasteiger partial charge in [0, 0.05) is 13.2 Å². The van der Waals surface area contributed by atoms with Gasteiger partial charge in [-0.25, -0.2) is 4.98 Å². The fraction of sp³-hybridized carbons (Fsp3) is 0.333. The van der Waals surface area contributed by atoms with E-state index >= 15 is 0 Å². The van der Waals surface area contributed by atoms with Crippen molar-refractivity contribution in [2.24, 2.45) is 0 Å². The standard InChI is InChI=1S/C12H14N4O5/c1-21-5-7(4-17)15-10-3-9-8(2-11(10)16(19)20)12(18)14-6-13-9/h2-3,6-7,15,17H,4-5H2,1H3,(H,13,14,18). The van der Waals surface area contributed by atoms with Crippen LogP contribution in [0, 0.1) is 10.1 Å². The van der Waals surface area contributed by atoms with E-state index in [0.717, 1.165) is 6.07 Å². The second-order valence-corrected chi connectivity index (χ2v) is 4.35. The fourth-order valence-corrected chi connectivity index (χ4v) is 1.93. The van der Waals surface area contributed by atoms with E-state index < -0.39 is 16.5 Å². The maximum Gasteiger partial charge on any atom is 0.293 e. The molecule has 1 unspecified atom stereocenters. The van der Waals surface area contributed by atoms with E-state index in [4.69, 9.17) is 4.74 Å². The van der Waals surface area contributed by atoms with E-state index in [0.29, 0.717) is 5.52 Å². The molecule has 2 aromatic rings. The molecule has 1 heterocycles. The number of nitro benzene ring substituents is 1. The van der Waals surface area contributed by atoms with Gasteiger partial charge in [-0.05, 0) is 6.07 Å². The van der Waals surface area contributed by atoms with Crippen molar-refractivity contribution in [3.63, 3.8) is 0 Å². The second-order valence-electron chi connectivity index (χ2n) is 4.35. The third-order valence-corrected chi connectivity index (χ3v) is 2.90. The molecule has 112 valence electrons. The summed E-state index contributed by atoms with van der Waals surface area (Å²) in [5, 5.41) is 23.3. The number of aromatic nitrogens is 2. The smallest absolute Gasteiger partial charge is 0.293 e. The van der Waals surface area contributed by atoms with Crippen molar-refractivity contribution in [3.8, 4) is 0 Å². The SMILES string of the molecule is COCC(CO)Nc1cc2nc[nH]c(=O)c2cc1[N+](=O)[O-]. The summed E-state index contributed by atoms with van der Waals surface area (Å²) in [5.41, 5.74) is -0.233. The molecule has 1 aromatic heterocycles. The van der Waals surface area contributed by atoms with Crippen LogP contribution < -0.4 is 10.9 Å². The highest BCUT2D eigenvalue weighted by Gasteiger charge is 2.19. The summed E-state index contributed by atoms with van der Waals surface area (Å²) >= 11 is 0. The first kappa shape index (κ1) is 14.9. The molecule has 0 aliphatic carbocycles. The summed E-state index contributed by atoms with van der Waals surface area (Å²) in [6, 6.07) is 2.05. The average molecular weight is 294 g/mol. The zero-order valence-electron chi connectivity index (χ0n) is 11.2. The zero-order chi connectivity index (χ0) is 15.4. The van der Waals surface area contributed by atoms with Gasteiger partial charge in [0.1, 0.15) is 5.69 Å². The van der Waals surface area contributed by atoms with Crippen molar-refractivity contribution in [2.45, 2.75) is 6.04 Å². The Bertz CT molecular complexity index is 714. The molecule has 9 nitrogen and oxygen atoms in total. The number of nitrogens with one attached hydrogen (secondary N) is 2. The predicted molar refractivity (Wildman–Crippen MR) is 75.4 cm³/mol. The molecule has 9 heteroatoms. The molecule has 0 radical (unpaired) electrons. The van der Waals surface area contributed by atoms with Gasteiger partial charge in [-0.15, -0.1) is 0 Å². The monoisotopic (exact) mass is 294 g/mol. The van der Waals surface area contributed by atoms with Gasteiger partial charge in [-0.1, -0.05) is 0 Å². The minimum absolute atomic E-state index is 0.127. The highest BCUT2D eigenvalue weighted by molar-refractivity contribution is 5.86. The Hall–Kier alpha value is -2.52. The van der Waals surface area contributed by atoms with Gasteiger partial charge in [0.15, 0.2) is 0 Å². The topological polar surface area (TPSA) is 130 Å². The summed E-state index contributed by atoms with van der Waals surface area (Å²) in [7, 11) is 1.46. The Morgan fingerprint density at radius 3 is 2.95 bits per heavy atom. The number of methoxy groups -OCH3 is 1. The number of aliphatic hydroxyl groups is 1. The number of aliphatic hydroxyl groups excluding tert-OH is 1.